The maximum atomic E-state index is 14.1. The van der Waals surface area contributed by atoms with E-state index in [4.69, 9.17) is 5.73 Å². The predicted molar refractivity (Wildman–Crippen MR) is 169 cm³/mol. The number of rotatable bonds is 8. The number of amides is 3. The van der Waals surface area contributed by atoms with Gasteiger partial charge in [-0.05, 0) is 81.6 Å². The van der Waals surface area contributed by atoms with E-state index in [1.165, 1.54) is 0 Å². The van der Waals surface area contributed by atoms with Crippen LogP contribution in [0.3, 0.4) is 0 Å². The molecule has 4 N–H and O–H groups in total. The molecule has 2 saturated heterocycles. The molecule has 3 amide bonds. The predicted octanol–water partition coefficient (Wildman–Crippen LogP) is 2.96. The number of imidazole rings is 1. The number of aromatic hydroxyl groups is 1. The monoisotopic (exact) mass is 705 g/mol. The van der Waals surface area contributed by atoms with Crippen molar-refractivity contribution in [1.82, 2.24) is 29.2 Å². The van der Waals surface area contributed by atoms with Gasteiger partial charge in [0.05, 0.1) is 20.0 Å². The number of carbonyl (C=O) groups is 2. The number of fused-ring (bicyclic) bond motifs is 1. The van der Waals surface area contributed by atoms with Gasteiger partial charge in [-0.25, -0.2) is 9.59 Å². The Kier molecular flexibility index (Phi) is 9.60. The summed E-state index contributed by atoms with van der Waals surface area (Å²) < 4.78 is 2.77. The third kappa shape index (κ3) is 6.69. The molecule has 2 fully saturated rings. The van der Waals surface area contributed by atoms with Crippen LogP contribution in [-0.4, -0.2) is 112 Å². The number of urea groups is 1. The number of primary amides is 1. The molecule has 226 valence electrons. The van der Waals surface area contributed by atoms with Gasteiger partial charge in [0.1, 0.15) is 11.8 Å². The summed E-state index contributed by atoms with van der Waals surface area (Å²) in [6.45, 7) is 5.59. The molecule has 3 heterocycles. The maximum Gasteiger partial charge on any atom is 0.326 e. The zero-order valence-electron chi connectivity index (χ0n) is 23.6. The summed E-state index contributed by atoms with van der Waals surface area (Å²) in [6.07, 6.45) is 1.46. The van der Waals surface area contributed by atoms with E-state index in [-0.39, 0.29) is 29.9 Å². The molecule has 2 aliphatic heterocycles. The Hall–Kier alpha value is -2.87. The van der Waals surface area contributed by atoms with Crippen molar-refractivity contribution in [1.29, 1.82) is 0 Å². The largest absolute Gasteiger partial charge is 0.506 e. The van der Waals surface area contributed by atoms with Crippen molar-refractivity contribution in [2.24, 2.45) is 5.73 Å². The topological polar surface area (TPSA) is 131 Å². The normalized spacial score (nSPS) is 17.9. The Balaban J connectivity index is 1.35. The molecule has 42 heavy (non-hydrogen) atoms. The summed E-state index contributed by atoms with van der Waals surface area (Å²) in [6, 6.07) is 9.98. The van der Waals surface area contributed by atoms with E-state index < -0.39 is 11.9 Å². The number of aromatic nitrogens is 2. The first-order chi connectivity index (χ1) is 20.1. The molecule has 3 aromatic rings. The van der Waals surface area contributed by atoms with Gasteiger partial charge in [-0.1, -0.05) is 12.1 Å². The molecule has 1 atom stereocenters. The van der Waals surface area contributed by atoms with Crippen LogP contribution in [0.4, 0.5) is 4.79 Å². The highest BCUT2D eigenvalue weighted by molar-refractivity contribution is 9.11. The van der Waals surface area contributed by atoms with Gasteiger partial charge in [0.15, 0.2) is 0 Å². The van der Waals surface area contributed by atoms with Crippen LogP contribution >= 0.6 is 31.9 Å². The summed E-state index contributed by atoms with van der Waals surface area (Å²) in [4.78, 5) is 50.7. The number of para-hydroxylation sites is 2. The second-order valence-electron chi connectivity index (χ2n) is 11.2. The number of halogens is 2. The fraction of sp³-hybridized carbons (Fsp3) is 0.483. The lowest BCUT2D eigenvalue weighted by atomic mass is 10.0. The summed E-state index contributed by atoms with van der Waals surface area (Å²) in [5.41, 5.74) is 8.23. The van der Waals surface area contributed by atoms with E-state index in [9.17, 15) is 19.5 Å². The highest BCUT2D eigenvalue weighted by atomic mass is 79.9. The van der Waals surface area contributed by atoms with Crippen molar-refractivity contribution in [3.63, 3.8) is 0 Å². The lowest BCUT2D eigenvalue weighted by Crippen LogP contribution is -2.57. The first-order valence-corrected chi connectivity index (χ1v) is 15.8. The Morgan fingerprint density at radius 3 is 2.36 bits per heavy atom. The molecular weight excluding hydrogens is 670 g/mol. The average molecular weight is 707 g/mol. The van der Waals surface area contributed by atoms with Gasteiger partial charge < -0.3 is 30.5 Å². The summed E-state index contributed by atoms with van der Waals surface area (Å²) in [7, 11) is 2.10. The smallest absolute Gasteiger partial charge is 0.326 e. The lowest BCUT2D eigenvalue weighted by molar-refractivity contribution is -0.122. The number of piperidine rings is 1. The number of likely N-dealkylation sites (N-methyl/N-ethyl adjacent to an activating group) is 1. The molecule has 2 aliphatic rings. The molecule has 11 nitrogen and oxygen atoms in total. The van der Waals surface area contributed by atoms with Crippen molar-refractivity contribution in [2.45, 2.75) is 31.3 Å². The van der Waals surface area contributed by atoms with E-state index >= 15 is 0 Å². The number of aromatic amines is 1. The molecule has 0 bridgehead atoms. The van der Waals surface area contributed by atoms with Gasteiger partial charge in [0.25, 0.3) is 0 Å². The fourth-order valence-electron chi connectivity index (χ4n) is 5.96. The highest BCUT2D eigenvalue weighted by Gasteiger charge is 2.35. The number of hydrogen-bond acceptors (Lipinski definition) is 6. The molecule has 2 aromatic carbocycles. The molecular formula is C29H37Br2N7O4. The van der Waals surface area contributed by atoms with Gasteiger partial charge in [-0.15, -0.1) is 0 Å². The Morgan fingerprint density at radius 1 is 1.07 bits per heavy atom. The molecule has 0 spiro atoms. The second-order valence-corrected chi connectivity index (χ2v) is 12.9. The minimum absolute atomic E-state index is 0.0323. The summed E-state index contributed by atoms with van der Waals surface area (Å²) in [5.74, 6) is -0.517. The standard InChI is InChI=1S/C29H37Br2N7O4/c1-34-10-12-35(13-11-34)14-15-37(25(27(32)40)18-19-16-21(30)26(39)22(31)17-19)29(42)36-8-6-20(7-9-36)38-24-5-3-2-4-23(24)33-28(38)41/h2-5,16-17,20,25,39H,6-15,18H2,1H3,(H2,32,40)(H,33,41)/t25-/m1/s1. The van der Waals surface area contributed by atoms with Gasteiger partial charge >= 0.3 is 11.7 Å². The number of likely N-dealkylation sites (tertiary alicyclic amines) is 1. The second kappa shape index (κ2) is 13.2. The number of hydrogen-bond donors (Lipinski definition) is 3. The van der Waals surface area contributed by atoms with Crippen LogP contribution in [0.1, 0.15) is 24.4 Å². The van der Waals surface area contributed by atoms with Crippen LogP contribution in [-0.2, 0) is 11.2 Å². The SMILES string of the molecule is CN1CCN(CCN(C(=O)N2CCC(n3c(=O)[nH]c4ccccc43)CC2)[C@H](Cc2cc(Br)c(O)c(Br)c2)C(N)=O)CC1. The lowest BCUT2D eigenvalue weighted by Gasteiger charge is -2.40. The Bertz CT molecular complexity index is 1470. The number of nitrogens with two attached hydrogens (primary N) is 1. The number of phenols is 1. The van der Waals surface area contributed by atoms with Crippen LogP contribution in [0.5, 0.6) is 5.75 Å². The minimum atomic E-state index is -0.873. The average Bonchev–Trinajstić information content (AvgIpc) is 3.31. The van der Waals surface area contributed by atoms with E-state index in [1.807, 2.05) is 24.3 Å². The first-order valence-electron chi connectivity index (χ1n) is 14.2. The molecule has 0 unspecified atom stereocenters. The van der Waals surface area contributed by atoms with Crippen LogP contribution < -0.4 is 11.4 Å². The van der Waals surface area contributed by atoms with Crippen LogP contribution in [0.2, 0.25) is 0 Å². The number of nitrogens with zero attached hydrogens (tertiary/aromatic N) is 5. The van der Waals surface area contributed by atoms with Gasteiger partial charge in [0, 0.05) is 64.8 Å². The van der Waals surface area contributed by atoms with E-state index in [0.717, 1.165) is 42.8 Å². The number of benzene rings is 2. The molecule has 0 aliphatic carbocycles. The zero-order valence-corrected chi connectivity index (χ0v) is 26.8. The van der Waals surface area contributed by atoms with E-state index in [0.29, 0.717) is 48.0 Å². The summed E-state index contributed by atoms with van der Waals surface area (Å²) >= 11 is 6.72. The Morgan fingerprint density at radius 2 is 1.71 bits per heavy atom. The molecule has 0 radical (unpaired) electrons. The van der Waals surface area contributed by atoms with Crippen molar-refractivity contribution in [3.05, 3.63) is 61.4 Å². The number of carbonyl (C=O) groups excluding carboxylic acids is 2. The van der Waals surface area contributed by atoms with Crippen molar-refractivity contribution < 1.29 is 14.7 Å². The number of H-pyrrole nitrogens is 1. The molecule has 5 rings (SSSR count). The van der Waals surface area contributed by atoms with Crippen LogP contribution in [0, 0.1) is 0 Å². The Labute approximate surface area is 261 Å². The zero-order chi connectivity index (χ0) is 30.0. The number of nitrogens with one attached hydrogen (secondary N) is 1. The molecule has 0 saturated carbocycles. The van der Waals surface area contributed by atoms with Crippen molar-refractivity contribution in [2.75, 3.05) is 59.4 Å². The summed E-state index contributed by atoms with van der Waals surface area (Å²) in [5, 5.41) is 10.2. The van der Waals surface area contributed by atoms with Gasteiger partial charge in [-0.2, -0.15) is 0 Å². The number of phenolic OH excluding ortho intramolecular Hbond substituents is 1. The molecule has 13 heteroatoms. The third-order valence-electron chi connectivity index (χ3n) is 8.43. The quantitative estimate of drug-likeness (QED) is 0.330. The maximum absolute atomic E-state index is 14.1. The van der Waals surface area contributed by atoms with E-state index in [2.05, 4.69) is 53.7 Å². The van der Waals surface area contributed by atoms with Crippen molar-refractivity contribution in [3.8, 4) is 5.75 Å². The van der Waals surface area contributed by atoms with Gasteiger partial charge in [-0.3, -0.25) is 14.3 Å². The van der Waals surface area contributed by atoms with Crippen LogP contribution in [0.15, 0.2) is 50.1 Å². The minimum Gasteiger partial charge on any atom is -0.506 e. The third-order valence-corrected chi connectivity index (χ3v) is 9.64. The highest BCUT2D eigenvalue weighted by Crippen LogP contribution is 2.34. The van der Waals surface area contributed by atoms with Crippen molar-refractivity contribution >= 4 is 54.8 Å². The fourth-order valence-corrected chi connectivity index (χ4v) is 7.24. The van der Waals surface area contributed by atoms with Gasteiger partial charge in [0.2, 0.25) is 5.91 Å². The molecule has 1 aromatic heterocycles. The first kappa shape index (κ1) is 30.6. The van der Waals surface area contributed by atoms with E-state index in [1.54, 1.807) is 26.5 Å². The van der Waals surface area contributed by atoms with Crippen LogP contribution in [0.25, 0.3) is 11.0 Å². The number of piperazine rings is 1.